The van der Waals surface area contributed by atoms with Gasteiger partial charge in [-0.2, -0.15) is 0 Å². The molecule has 1 amide bonds. The first-order valence-electron chi connectivity index (χ1n) is 8.42. The van der Waals surface area contributed by atoms with E-state index in [1.165, 1.54) is 11.3 Å². The minimum Gasteiger partial charge on any atom is -0.497 e. The van der Waals surface area contributed by atoms with Gasteiger partial charge in [0.05, 0.1) is 25.6 Å². The van der Waals surface area contributed by atoms with E-state index in [2.05, 4.69) is 4.90 Å². The number of ether oxygens (including phenoxy) is 2. The van der Waals surface area contributed by atoms with Crippen LogP contribution in [0.3, 0.4) is 0 Å². The van der Waals surface area contributed by atoms with Crippen LogP contribution < -0.4 is 9.47 Å². The topological polar surface area (TPSA) is 59.1 Å². The number of rotatable bonds is 6. The first-order valence-corrected chi connectivity index (χ1v) is 9.30. The maximum absolute atomic E-state index is 12.8. The fraction of sp³-hybridized carbons (Fsp3) is 0.368. The standard InChI is InChI=1S/C19H22N2O4S/c1-24-15-10-14(11-16(12-15)25-2)19(23)21-7-5-20(6-8-21)13-17(22)18-4-3-9-26-18/h3-4,9-12H,5-8,13H2,1-2H3. The molecule has 7 heteroatoms. The van der Waals surface area contributed by atoms with Gasteiger partial charge >= 0.3 is 0 Å². The number of methoxy groups -OCH3 is 2. The van der Waals surface area contributed by atoms with E-state index in [0.29, 0.717) is 49.8 Å². The van der Waals surface area contributed by atoms with Crippen molar-refractivity contribution in [2.24, 2.45) is 0 Å². The molecule has 1 aromatic heterocycles. The maximum Gasteiger partial charge on any atom is 0.254 e. The van der Waals surface area contributed by atoms with Crippen LogP contribution in [0.5, 0.6) is 11.5 Å². The lowest BCUT2D eigenvalue weighted by Crippen LogP contribution is -2.49. The van der Waals surface area contributed by atoms with Crippen molar-refractivity contribution in [2.45, 2.75) is 0 Å². The van der Waals surface area contributed by atoms with Crippen LogP contribution in [0.4, 0.5) is 0 Å². The molecule has 2 aromatic rings. The average molecular weight is 374 g/mol. The molecule has 138 valence electrons. The summed E-state index contributed by atoms with van der Waals surface area (Å²) in [5.74, 6) is 1.27. The molecule has 6 nitrogen and oxygen atoms in total. The molecule has 1 aliphatic heterocycles. The largest absolute Gasteiger partial charge is 0.497 e. The number of carbonyl (C=O) groups is 2. The smallest absolute Gasteiger partial charge is 0.254 e. The summed E-state index contributed by atoms with van der Waals surface area (Å²) in [6.07, 6.45) is 0. The Morgan fingerprint density at radius 1 is 1.04 bits per heavy atom. The molecule has 26 heavy (non-hydrogen) atoms. The fourth-order valence-corrected chi connectivity index (χ4v) is 3.60. The summed E-state index contributed by atoms with van der Waals surface area (Å²) < 4.78 is 10.5. The SMILES string of the molecule is COc1cc(OC)cc(C(=O)N2CCN(CC(=O)c3cccs3)CC2)c1. The third-order valence-electron chi connectivity index (χ3n) is 4.42. The molecule has 0 N–H and O–H groups in total. The highest BCUT2D eigenvalue weighted by molar-refractivity contribution is 7.12. The Morgan fingerprint density at radius 2 is 1.69 bits per heavy atom. The Balaban J connectivity index is 1.59. The van der Waals surface area contributed by atoms with Crippen molar-refractivity contribution in [3.63, 3.8) is 0 Å². The number of hydrogen-bond acceptors (Lipinski definition) is 6. The maximum atomic E-state index is 12.8. The number of piperazine rings is 1. The molecule has 0 saturated carbocycles. The van der Waals surface area contributed by atoms with Gasteiger partial charge in [-0.05, 0) is 23.6 Å². The highest BCUT2D eigenvalue weighted by atomic mass is 32.1. The fourth-order valence-electron chi connectivity index (χ4n) is 2.94. The van der Waals surface area contributed by atoms with Gasteiger partial charge in [0, 0.05) is 37.8 Å². The minimum atomic E-state index is -0.0496. The van der Waals surface area contributed by atoms with Gasteiger partial charge in [0.1, 0.15) is 11.5 Å². The summed E-state index contributed by atoms with van der Waals surface area (Å²) >= 11 is 1.46. The van der Waals surface area contributed by atoms with Crippen molar-refractivity contribution in [3.8, 4) is 11.5 Å². The van der Waals surface area contributed by atoms with Gasteiger partial charge in [-0.1, -0.05) is 6.07 Å². The number of Topliss-reactive ketones (excluding diaryl/α,β-unsaturated/α-hetero) is 1. The van der Waals surface area contributed by atoms with E-state index in [4.69, 9.17) is 9.47 Å². The summed E-state index contributed by atoms with van der Waals surface area (Å²) in [6.45, 7) is 2.95. The van der Waals surface area contributed by atoms with E-state index in [1.807, 2.05) is 17.5 Å². The van der Waals surface area contributed by atoms with Gasteiger partial charge in [0.15, 0.2) is 5.78 Å². The van der Waals surface area contributed by atoms with Gasteiger partial charge in [-0.15, -0.1) is 11.3 Å². The number of nitrogens with zero attached hydrogens (tertiary/aromatic N) is 2. The molecule has 1 fully saturated rings. The van der Waals surface area contributed by atoms with E-state index in [9.17, 15) is 9.59 Å². The lowest BCUT2D eigenvalue weighted by molar-refractivity contribution is 0.0624. The van der Waals surface area contributed by atoms with Gasteiger partial charge in [0.25, 0.3) is 5.91 Å². The number of thiophene rings is 1. The summed E-state index contributed by atoms with van der Waals surface area (Å²) in [5.41, 5.74) is 0.546. The molecular formula is C19H22N2O4S. The summed E-state index contributed by atoms with van der Waals surface area (Å²) in [7, 11) is 3.12. The van der Waals surface area contributed by atoms with Crippen LogP contribution in [0.25, 0.3) is 0 Å². The van der Waals surface area contributed by atoms with Crippen molar-refractivity contribution >= 4 is 23.0 Å². The summed E-state index contributed by atoms with van der Waals surface area (Å²) in [6, 6.07) is 8.92. The second-order valence-corrected chi connectivity index (χ2v) is 7.02. The van der Waals surface area contributed by atoms with E-state index in [1.54, 1.807) is 37.3 Å². The van der Waals surface area contributed by atoms with Crippen molar-refractivity contribution < 1.29 is 19.1 Å². The molecule has 0 spiro atoms. The summed E-state index contributed by atoms with van der Waals surface area (Å²) in [4.78, 5) is 29.7. The zero-order valence-corrected chi connectivity index (χ0v) is 15.8. The zero-order chi connectivity index (χ0) is 18.5. The van der Waals surface area contributed by atoms with Crippen molar-refractivity contribution in [1.29, 1.82) is 0 Å². The Kier molecular flexibility index (Phi) is 5.90. The highest BCUT2D eigenvalue weighted by Gasteiger charge is 2.24. The third kappa shape index (κ3) is 4.23. The lowest BCUT2D eigenvalue weighted by Gasteiger charge is -2.34. The minimum absolute atomic E-state index is 0.0496. The molecule has 0 atom stereocenters. The van der Waals surface area contributed by atoms with Crippen molar-refractivity contribution in [2.75, 3.05) is 46.9 Å². The van der Waals surface area contributed by atoms with Crippen LogP contribution >= 0.6 is 11.3 Å². The molecule has 2 heterocycles. The first-order chi connectivity index (χ1) is 12.6. The number of ketones is 1. The molecule has 1 aromatic carbocycles. The van der Waals surface area contributed by atoms with Crippen LogP contribution in [0.2, 0.25) is 0 Å². The van der Waals surface area contributed by atoms with E-state index in [0.717, 1.165) is 4.88 Å². The molecule has 0 radical (unpaired) electrons. The predicted molar refractivity (Wildman–Crippen MR) is 101 cm³/mol. The molecule has 3 rings (SSSR count). The van der Waals surface area contributed by atoms with Gasteiger partial charge < -0.3 is 14.4 Å². The van der Waals surface area contributed by atoms with Gasteiger partial charge in [-0.25, -0.2) is 0 Å². The first kappa shape index (κ1) is 18.4. The lowest BCUT2D eigenvalue weighted by atomic mass is 10.1. The molecule has 0 unspecified atom stereocenters. The van der Waals surface area contributed by atoms with Crippen LogP contribution in [-0.2, 0) is 0 Å². The van der Waals surface area contributed by atoms with E-state index >= 15 is 0 Å². The third-order valence-corrected chi connectivity index (χ3v) is 5.33. The number of amides is 1. The molecule has 0 aliphatic carbocycles. The highest BCUT2D eigenvalue weighted by Crippen LogP contribution is 2.24. The number of hydrogen-bond donors (Lipinski definition) is 0. The van der Waals surface area contributed by atoms with E-state index in [-0.39, 0.29) is 11.7 Å². The van der Waals surface area contributed by atoms with Gasteiger partial charge in [0.2, 0.25) is 0 Å². The van der Waals surface area contributed by atoms with Crippen molar-refractivity contribution in [3.05, 3.63) is 46.2 Å². The second kappa shape index (κ2) is 8.33. The van der Waals surface area contributed by atoms with E-state index < -0.39 is 0 Å². The number of benzene rings is 1. The zero-order valence-electron chi connectivity index (χ0n) is 14.9. The molecule has 1 aliphatic rings. The Labute approximate surface area is 156 Å². The second-order valence-electron chi connectivity index (χ2n) is 6.07. The van der Waals surface area contributed by atoms with Crippen LogP contribution in [0.1, 0.15) is 20.0 Å². The molecule has 1 saturated heterocycles. The van der Waals surface area contributed by atoms with Crippen LogP contribution in [0, 0.1) is 0 Å². The monoisotopic (exact) mass is 374 g/mol. The Morgan fingerprint density at radius 3 is 2.23 bits per heavy atom. The predicted octanol–water partition coefficient (Wildman–Crippen LogP) is 2.41. The van der Waals surface area contributed by atoms with Crippen molar-refractivity contribution in [1.82, 2.24) is 9.80 Å². The molecular weight excluding hydrogens is 352 g/mol. The Bertz CT molecular complexity index is 746. The quantitative estimate of drug-likeness (QED) is 0.727. The van der Waals surface area contributed by atoms with Crippen LogP contribution in [0.15, 0.2) is 35.7 Å². The Hall–Kier alpha value is -2.38. The van der Waals surface area contributed by atoms with Crippen LogP contribution in [-0.4, -0.2) is 68.4 Å². The summed E-state index contributed by atoms with van der Waals surface area (Å²) in [5, 5.41) is 1.91. The van der Waals surface area contributed by atoms with Gasteiger partial charge in [-0.3, -0.25) is 14.5 Å². The normalized spacial score (nSPS) is 14.9. The molecule has 0 bridgehead atoms. The average Bonchev–Trinajstić information content (AvgIpc) is 3.22. The number of carbonyl (C=O) groups excluding carboxylic acids is 2.